The summed E-state index contributed by atoms with van der Waals surface area (Å²) in [5.74, 6) is 0.490. The van der Waals surface area contributed by atoms with Crippen molar-refractivity contribution in [1.82, 2.24) is 4.90 Å². The molecule has 156 valence electrons. The molecule has 3 aromatic rings. The van der Waals surface area contributed by atoms with Crippen molar-refractivity contribution in [3.05, 3.63) is 76.5 Å². The van der Waals surface area contributed by atoms with E-state index in [1.54, 1.807) is 54.8 Å². The van der Waals surface area contributed by atoms with Crippen molar-refractivity contribution >= 4 is 33.0 Å². The largest absolute Gasteiger partial charge is 0.497 e. The number of methoxy groups -OCH3 is 1. The Morgan fingerprint density at radius 1 is 1.13 bits per heavy atom. The maximum absolute atomic E-state index is 13.2. The molecule has 1 saturated heterocycles. The van der Waals surface area contributed by atoms with E-state index in [-0.39, 0.29) is 16.8 Å². The second kappa shape index (κ2) is 8.49. The van der Waals surface area contributed by atoms with Gasteiger partial charge in [0.05, 0.1) is 18.0 Å². The summed E-state index contributed by atoms with van der Waals surface area (Å²) >= 11 is 1.64. The van der Waals surface area contributed by atoms with Crippen molar-refractivity contribution in [2.45, 2.75) is 23.8 Å². The molecule has 1 aromatic heterocycles. The highest BCUT2D eigenvalue weighted by Gasteiger charge is 2.31. The zero-order valence-corrected chi connectivity index (χ0v) is 18.1. The number of nitrogens with one attached hydrogen (secondary N) is 1. The van der Waals surface area contributed by atoms with Crippen LogP contribution in [0.3, 0.4) is 0 Å². The Morgan fingerprint density at radius 3 is 2.63 bits per heavy atom. The summed E-state index contributed by atoms with van der Waals surface area (Å²) in [5.41, 5.74) is 0.792. The fourth-order valence-corrected chi connectivity index (χ4v) is 5.60. The van der Waals surface area contributed by atoms with E-state index in [2.05, 4.69) is 4.72 Å². The minimum Gasteiger partial charge on any atom is -0.497 e. The maximum atomic E-state index is 13.2. The number of amides is 1. The molecule has 0 spiro atoms. The number of nitrogens with zero attached hydrogens (tertiary/aromatic N) is 1. The molecule has 0 aliphatic carbocycles. The lowest BCUT2D eigenvalue weighted by Gasteiger charge is -2.24. The van der Waals surface area contributed by atoms with Crippen LogP contribution in [0.4, 0.5) is 5.69 Å². The molecule has 1 aliphatic heterocycles. The number of carbonyl (C=O) groups excluding carboxylic acids is 1. The first-order chi connectivity index (χ1) is 14.5. The van der Waals surface area contributed by atoms with E-state index in [1.165, 1.54) is 12.1 Å². The second-order valence-electron chi connectivity index (χ2n) is 7.03. The molecule has 1 unspecified atom stereocenters. The van der Waals surface area contributed by atoms with Gasteiger partial charge in [-0.2, -0.15) is 0 Å². The second-order valence-corrected chi connectivity index (χ2v) is 9.70. The summed E-state index contributed by atoms with van der Waals surface area (Å²) < 4.78 is 33.3. The Balaban J connectivity index is 1.56. The molecule has 1 fully saturated rings. The molecule has 0 bridgehead atoms. The average Bonchev–Trinajstić information content (AvgIpc) is 3.45. The Morgan fingerprint density at radius 2 is 1.93 bits per heavy atom. The summed E-state index contributed by atoms with van der Waals surface area (Å²) in [5, 5.41) is 2.01. The van der Waals surface area contributed by atoms with Crippen molar-refractivity contribution < 1.29 is 17.9 Å². The average molecular weight is 443 g/mol. The van der Waals surface area contributed by atoms with Crippen LogP contribution in [0.1, 0.15) is 34.1 Å². The fourth-order valence-electron chi connectivity index (χ4n) is 3.62. The Kier molecular flexibility index (Phi) is 5.78. The summed E-state index contributed by atoms with van der Waals surface area (Å²) in [6, 6.07) is 16.9. The molecule has 8 heteroatoms. The van der Waals surface area contributed by atoms with E-state index in [0.717, 1.165) is 17.7 Å². The van der Waals surface area contributed by atoms with Crippen molar-refractivity contribution in [3.63, 3.8) is 0 Å². The maximum Gasteiger partial charge on any atom is 0.261 e. The highest BCUT2D eigenvalue weighted by molar-refractivity contribution is 7.92. The number of thiophene rings is 1. The van der Waals surface area contributed by atoms with Crippen LogP contribution in [0.15, 0.2) is 70.9 Å². The number of hydrogen-bond acceptors (Lipinski definition) is 5. The van der Waals surface area contributed by atoms with Crippen LogP contribution in [-0.4, -0.2) is 32.9 Å². The molecule has 1 amide bonds. The summed E-state index contributed by atoms with van der Waals surface area (Å²) in [7, 11) is -2.28. The minimum absolute atomic E-state index is 0.0511. The molecule has 1 aliphatic rings. The molecule has 2 heterocycles. The van der Waals surface area contributed by atoms with Gasteiger partial charge in [0.2, 0.25) is 0 Å². The van der Waals surface area contributed by atoms with E-state index < -0.39 is 10.0 Å². The summed E-state index contributed by atoms with van der Waals surface area (Å²) in [6.07, 6.45) is 1.86. The number of carbonyl (C=O) groups is 1. The van der Waals surface area contributed by atoms with Gasteiger partial charge in [0, 0.05) is 22.7 Å². The third-order valence-corrected chi connectivity index (χ3v) is 7.47. The van der Waals surface area contributed by atoms with E-state index >= 15 is 0 Å². The van der Waals surface area contributed by atoms with E-state index in [0.29, 0.717) is 23.5 Å². The van der Waals surface area contributed by atoms with Crippen LogP contribution >= 0.6 is 11.3 Å². The lowest BCUT2D eigenvalue weighted by molar-refractivity contribution is 0.0737. The monoisotopic (exact) mass is 442 g/mol. The van der Waals surface area contributed by atoms with Gasteiger partial charge >= 0.3 is 0 Å². The first-order valence-electron chi connectivity index (χ1n) is 9.59. The van der Waals surface area contributed by atoms with Gasteiger partial charge in [0.15, 0.2) is 0 Å². The van der Waals surface area contributed by atoms with Gasteiger partial charge in [-0.1, -0.05) is 12.1 Å². The highest BCUT2D eigenvalue weighted by Crippen LogP contribution is 2.35. The van der Waals surface area contributed by atoms with Crippen LogP contribution in [0.5, 0.6) is 5.75 Å². The number of anilines is 1. The van der Waals surface area contributed by atoms with Gasteiger partial charge in [0.1, 0.15) is 5.75 Å². The van der Waals surface area contributed by atoms with Crippen LogP contribution < -0.4 is 9.46 Å². The van der Waals surface area contributed by atoms with E-state index in [9.17, 15) is 13.2 Å². The van der Waals surface area contributed by atoms with Crippen LogP contribution in [0, 0.1) is 0 Å². The topological polar surface area (TPSA) is 75.7 Å². The third-order valence-electron chi connectivity index (χ3n) is 5.12. The molecule has 0 radical (unpaired) electrons. The molecule has 0 saturated carbocycles. The first kappa shape index (κ1) is 20.4. The van der Waals surface area contributed by atoms with Gasteiger partial charge < -0.3 is 9.64 Å². The minimum atomic E-state index is -3.83. The van der Waals surface area contributed by atoms with Crippen molar-refractivity contribution in [1.29, 1.82) is 0 Å². The zero-order valence-electron chi connectivity index (χ0n) is 16.4. The fraction of sp³-hybridized carbons (Fsp3) is 0.227. The molecule has 1 atom stereocenters. The number of rotatable bonds is 6. The SMILES string of the molecule is COc1ccc(NS(=O)(=O)c2cccc(C(=O)N3CCCC3c3cccs3)c2)cc1. The number of likely N-dealkylation sites (tertiary alicyclic amines) is 1. The van der Waals surface area contributed by atoms with E-state index in [1.807, 2.05) is 22.4 Å². The predicted octanol–water partition coefficient (Wildman–Crippen LogP) is 4.53. The lowest BCUT2D eigenvalue weighted by Crippen LogP contribution is -2.30. The first-order valence-corrected chi connectivity index (χ1v) is 12.0. The normalized spacial score (nSPS) is 16.4. The smallest absolute Gasteiger partial charge is 0.261 e. The van der Waals surface area contributed by atoms with Gasteiger partial charge in [-0.25, -0.2) is 8.42 Å². The number of ether oxygens (including phenoxy) is 1. The standard InChI is InChI=1S/C22H22N2O4S2/c1-28-18-11-9-17(10-12-18)23-30(26,27)19-6-2-5-16(15-19)22(25)24-13-3-7-20(24)21-8-4-14-29-21/h2,4-6,8-12,14-15,20,23H,3,7,13H2,1H3. The van der Waals surface area contributed by atoms with Gasteiger partial charge in [-0.15, -0.1) is 11.3 Å². The Bertz CT molecular complexity index is 1130. The number of hydrogen-bond donors (Lipinski definition) is 1. The van der Waals surface area contributed by atoms with E-state index in [4.69, 9.17) is 4.74 Å². The van der Waals surface area contributed by atoms with Crippen LogP contribution in [0.25, 0.3) is 0 Å². The Labute approximate surface area is 180 Å². The van der Waals surface area contributed by atoms with Gasteiger partial charge in [0.25, 0.3) is 15.9 Å². The molecular formula is C22H22N2O4S2. The van der Waals surface area contributed by atoms with Crippen molar-refractivity contribution in [3.8, 4) is 5.75 Å². The summed E-state index contributed by atoms with van der Waals surface area (Å²) in [4.78, 5) is 16.2. The van der Waals surface area contributed by atoms with Crippen LogP contribution in [0.2, 0.25) is 0 Å². The molecule has 1 N–H and O–H groups in total. The molecule has 2 aromatic carbocycles. The molecule has 6 nitrogen and oxygen atoms in total. The molecule has 4 rings (SSSR count). The molecule has 30 heavy (non-hydrogen) atoms. The highest BCUT2D eigenvalue weighted by atomic mass is 32.2. The summed E-state index contributed by atoms with van der Waals surface area (Å²) in [6.45, 7) is 0.669. The van der Waals surface area contributed by atoms with Gasteiger partial charge in [-0.3, -0.25) is 9.52 Å². The number of sulfonamides is 1. The quantitative estimate of drug-likeness (QED) is 0.608. The lowest BCUT2D eigenvalue weighted by atomic mass is 10.1. The number of benzene rings is 2. The molecular weight excluding hydrogens is 420 g/mol. The van der Waals surface area contributed by atoms with Crippen molar-refractivity contribution in [2.75, 3.05) is 18.4 Å². The Hall–Kier alpha value is -2.84. The van der Waals surface area contributed by atoms with Crippen LogP contribution in [-0.2, 0) is 10.0 Å². The van der Waals surface area contributed by atoms with Crippen molar-refractivity contribution in [2.24, 2.45) is 0 Å². The third kappa shape index (κ3) is 4.20. The predicted molar refractivity (Wildman–Crippen MR) is 118 cm³/mol. The van der Waals surface area contributed by atoms with Gasteiger partial charge in [-0.05, 0) is 66.8 Å². The zero-order chi connectivity index (χ0) is 21.1.